The molecule has 0 spiro atoms. The van der Waals surface area contributed by atoms with E-state index in [1.54, 1.807) is 0 Å². The van der Waals surface area contributed by atoms with Gasteiger partial charge in [-0.2, -0.15) is 4.98 Å². The number of nitrogens with two attached hydrogens (primary N) is 2. The summed E-state index contributed by atoms with van der Waals surface area (Å²) in [7, 11) is 0. The highest BCUT2D eigenvalue weighted by molar-refractivity contribution is 5.75. The van der Waals surface area contributed by atoms with Crippen molar-refractivity contribution in [3.63, 3.8) is 0 Å². The first-order valence-electron chi connectivity index (χ1n) is 15.7. The number of rotatable bonds is 24. The molecule has 12 nitrogen and oxygen atoms in total. The van der Waals surface area contributed by atoms with Crippen molar-refractivity contribution < 1.29 is 23.8 Å². The van der Waals surface area contributed by atoms with Gasteiger partial charge in [0.25, 0.3) is 5.56 Å². The van der Waals surface area contributed by atoms with Crippen molar-refractivity contribution in [1.29, 1.82) is 0 Å². The Morgan fingerprint density at radius 3 is 2.02 bits per heavy atom. The Kier molecular flexibility index (Phi) is 17.5. The minimum absolute atomic E-state index is 0.0515. The third kappa shape index (κ3) is 14.3. The predicted molar refractivity (Wildman–Crippen MR) is 163 cm³/mol. The molecule has 5 N–H and O–H groups in total. The first-order chi connectivity index (χ1) is 20.3. The average Bonchev–Trinajstić information content (AvgIpc) is 3.37. The molecule has 0 saturated heterocycles. The number of nitrogens with one attached hydrogen (secondary N) is 1. The number of carbonyl (C=O) groups excluding carboxylic acids is 2. The van der Waals surface area contributed by atoms with Gasteiger partial charge in [-0.15, -0.1) is 0 Å². The van der Waals surface area contributed by atoms with Crippen molar-refractivity contribution in [3.8, 4) is 0 Å². The SMILES string of the molecule is CCCCCCCCCCCCCCCCCC(=O)OCC(COC(=O)[C@H](C)N)OCn1cnc2c(=O)[nH]c(N)nc21. The molecule has 0 aliphatic heterocycles. The van der Waals surface area contributed by atoms with E-state index in [2.05, 4.69) is 21.9 Å². The molecule has 2 rings (SSSR count). The van der Waals surface area contributed by atoms with Crippen molar-refractivity contribution in [2.45, 2.75) is 135 Å². The van der Waals surface area contributed by atoms with Gasteiger partial charge in [0.05, 0.1) is 6.33 Å². The lowest BCUT2D eigenvalue weighted by Crippen LogP contribution is -2.34. The summed E-state index contributed by atoms with van der Waals surface area (Å²) in [6, 6.07) is -0.796. The maximum absolute atomic E-state index is 12.3. The number of aromatic nitrogens is 4. The fourth-order valence-corrected chi connectivity index (χ4v) is 4.60. The number of hydrogen-bond acceptors (Lipinski definition) is 10. The second-order valence-electron chi connectivity index (χ2n) is 11.1. The van der Waals surface area contributed by atoms with Crippen molar-refractivity contribution >= 4 is 29.1 Å². The van der Waals surface area contributed by atoms with E-state index in [0.29, 0.717) is 6.42 Å². The molecule has 0 radical (unpaired) electrons. The van der Waals surface area contributed by atoms with E-state index >= 15 is 0 Å². The molecule has 0 fully saturated rings. The third-order valence-corrected chi connectivity index (χ3v) is 7.14. The van der Waals surface area contributed by atoms with Crippen LogP contribution in [0.15, 0.2) is 11.1 Å². The number of esters is 2. The van der Waals surface area contributed by atoms with E-state index < -0.39 is 23.7 Å². The zero-order valence-electron chi connectivity index (χ0n) is 25.6. The maximum atomic E-state index is 12.3. The molecule has 0 amide bonds. The molecular formula is C30H52N6O6. The Bertz CT molecular complexity index is 1100. The molecule has 1 unspecified atom stereocenters. The lowest BCUT2D eigenvalue weighted by molar-refractivity contribution is -0.158. The molecular weight excluding hydrogens is 540 g/mol. The molecule has 0 saturated carbocycles. The highest BCUT2D eigenvalue weighted by Crippen LogP contribution is 2.14. The average molecular weight is 593 g/mol. The first kappa shape index (κ1) is 35.2. The lowest BCUT2D eigenvalue weighted by Gasteiger charge is -2.19. The van der Waals surface area contributed by atoms with E-state index in [0.717, 1.165) is 19.3 Å². The van der Waals surface area contributed by atoms with Crippen LogP contribution in [0.5, 0.6) is 0 Å². The Morgan fingerprint density at radius 2 is 1.45 bits per heavy atom. The van der Waals surface area contributed by atoms with Crippen LogP contribution in [0, 0.1) is 0 Å². The highest BCUT2D eigenvalue weighted by atomic mass is 16.6. The molecule has 12 heteroatoms. The van der Waals surface area contributed by atoms with Crippen LogP contribution in [0.3, 0.4) is 0 Å². The molecule has 0 bridgehead atoms. The minimum Gasteiger partial charge on any atom is -0.463 e. The van der Waals surface area contributed by atoms with E-state index in [9.17, 15) is 14.4 Å². The van der Waals surface area contributed by atoms with E-state index in [4.69, 9.17) is 25.7 Å². The first-order valence-corrected chi connectivity index (χ1v) is 15.7. The number of nitrogens with zero attached hydrogens (tertiary/aromatic N) is 3. The van der Waals surface area contributed by atoms with Gasteiger partial charge in [0.15, 0.2) is 11.2 Å². The quantitative estimate of drug-likeness (QED) is 0.114. The Morgan fingerprint density at radius 1 is 0.905 bits per heavy atom. The molecule has 2 aromatic rings. The molecule has 2 atom stereocenters. The summed E-state index contributed by atoms with van der Waals surface area (Å²) in [5.74, 6) is -0.975. The van der Waals surface area contributed by atoms with Crippen LogP contribution in [0.2, 0.25) is 0 Å². The van der Waals surface area contributed by atoms with Crippen molar-refractivity contribution in [2.75, 3.05) is 18.9 Å². The number of ether oxygens (including phenoxy) is 3. The van der Waals surface area contributed by atoms with Gasteiger partial charge in [-0.05, 0) is 13.3 Å². The van der Waals surface area contributed by atoms with Gasteiger partial charge in [-0.25, -0.2) is 4.98 Å². The number of H-pyrrole nitrogens is 1. The zero-order valence-corrected chi connectivity index (χ0v) is 25.6. The standard InChI is InChI=1S/C30H52N6O6/c1-3-4-5-6-7-8-9-10-11-12-13-14-15-16-17-18-25(37)40-19-24(20-41-29(39)23(2)31)42-22-36-21-33-26-27(36)34-30(32)35-28(26)38/h21,23-24H,3-20,22,31H2,1-2H3,(H3,32,34,35,38)/t23-,24?/m0/s1. The second-order valence-corrected chi connectivity index (χ2v) is 11.1. The number of unbranched alkanes of at least 4 members (excludes halogenated alkanes) is 14. The smallest absolute Gasteiger partial charge is 0.322 e. The summed E-state index contributed by atoms with van der Waals surface area (Å²) >= 11 is 0. The largest absolute Gasteiger partial charge is 0.463 e. The number of nitrogen functional groups attached to an aromatic ring is 1. The summed E-state index contributed by atoms with van der Waals surface area (Å²) in [6.07, 6.45) is 19.8. The van der Waals surface area contributed by atoms with Gasteiger partial charge in [0, 0.05) is 6.42 Å². The number of hydrogen-bond donors (Lipinski definition) is 3. The minimum atomic E-state index is -0.796. The fraction of sp³-hybridized carbons (Fsp3) is 0.767. The zero-order chi connectivity index (χ0) is 30.6. The van der Waals surface area contributed by atoms with Gasteiger partial charge in [0.2, 0.25) is 5.95 Å². The topological polar surface area (TPSA) is 177 Å². The van der Waals surface area contributed by atoms with Crippen molar-refractivity contribution in [2.24, 2.45) is 5.73 Å². The van der Waals surface area contributed by atoms with Gasteiger partial charge < -0.3 is 25.7 Å². The van der Waals surface area contributed by atoms with Gasteiger partial charge in [-0.1, -0.05) is 96.8 Å². The van der Waals surface area contributed by atoms with E-state index in [-0.39, 0.29) is 43.0 Å². The van der Waals surface area contributed by atoms with Gasteiger partial charge in [0.1, 0.15) is 32.1 Å². The molecule has 2 heterocycles. The maximum Gasteiger partial charge on any atom is 0.322 e. The highest BCUT2D eigenvalue weighted by Gasteiger charge is 2.19. The molecule has 0 aliphatic rings. The third-order valence-electron chi connectivity index (χ3n) is 7.14. The molecule has 42 heavy (non-hydrogen) atoms. The van der Waals surface area contributed by atoms with Crippen LogP contribution in [0.1, 0.15) is 117 Å². The molecule has 238 valence electrons. The fourth-order valence-electron chi connectivity index (χ4n) is 4.60. The lowest BCUT2D eigenvalue weighted by atomic mass is 10.0. The number of anilines is 1. The number of aromatic amines is 1. The summed E-state index contributed by atoms with van der Waals surface area (Å²) in [6.45, 7) is 3.43. The Hall–Kier alpha value is -2.99. The summed E-state index contributed by atoms with van der Waals surface area (Å²) < 4.78 is 17.9. The van der Waals surface area contributed by atoms with Crippen LogP contribution >= 0.6 is 0 Å². The van der Waals surface area contributed by atoms with Crippen LogP contribution in [-0.2, 0) is 30.5 Å². The number of fused-ring (bicyclic) bond motifs is 1. The number of imidazole rings is 1. The summed E-state index contributed by atoms with van der Waals surface area (Å²) in [5.41, 5.74) is 11.1. The summed E-state index contributed by atoms with van der Waals surface area (Å²) in [5, 5.41) is 0. The van der Waals surface area contributed by atoms with Crippen LogP contribution in [0.25, 0.3) is 11.2 Å². The van der Waals surface area contributed by atoms with Crippen LogP contribution in [-0.4, -0.2) is 56.8 Å². The summed E-state index contributed by atoms with van der Waals surface area (Å²) in [4.78, 5) is 46.7. The Balaban J connectivity index is 1.62. The monoisotopic (exact) mass is 592 g/mol. The molecule has 0 aliphatic carbocycles. The van der Waals surface area contributed by atoms with E-state index in [1.807, 2.05) is 0 Å². The predicted octanol–water partition coefficient (Wildman–Crippen LogP) is 4.74. The van der Waals surface area contributed by atoms with Crippen LogP contribution < -0.4 is 17.0 Å². The van der Waals surface area contributed by atoms with Crippen LogP contribution in [0.4, 0.5) is 5.95 Å². The number of carbonyl (C=O) groups is 2. The molecule has 0 aromatic carbocycles. The molecule has 2 aromatic heterocycles. The van der Waals surface area contributed by atoms with Crippen molar-refractivity contribution in [1.82, 2.24) is 19.5 Å². The Labute approximate surface area is 249 Å². The van der Waals surface area contributed by atoms with Gasteiger partial charge >= 0.3 is 11.9 Å². The van der Waals surface area contributed by atoms with Crippen molar-refractivity contribution in [3.05, 3.63) is 16.7 Å². The second kappa shape index (κ2) is 20.8. The normalized spacial score (nSPS) is 12.8. The van der Waals surface area contributed by atoms with E-state index in [1.165, 1.54) is 94.9 Å². The van der Waals surface area contributed by atoms with Gasteiger partial charge in [-0.3, -0.25) is 23.9 Å².